The average Bonchev–Trinajstić information content (AvgIpc) is 2.67. The SMILES string of the molecule is c1cnc2cc3nc4cc5nc6ccccc6nc5cc4nc3cc2c1. The van der Waals surface area contributed by atoms with Gasteiger partial charge in [-0.1, -0.05) is 18.2 Å². The van der Waals surface area contributed by atoms with Crippen LogP contribution in [0.15, 0.2) is 66.9 Å². The fourth-order valence-electron chi connectivity index (χ4n) is 3.36. The monoisotopic (exact) mass is 333 g/mol. The van der Waals surface area contributed by atoms with E-state index in [1.54, 1.807) is 6.20 Å². The van der Waals surface area contributed by atoms with Gasteiger partial charge in [0.2, 0.25) is 0 Å². The number of rotatable bonds is 0. The molecule has 0 unspecified atom stereocenters. The van der Waals surface area contributed by atoms with Gasteiger partial charge in [-0.3, -0.25) is 4.98 Å². The molecule has 0 N–H and O–H groups in total. The van der Waals surface area contributed by atoms with E-state index >= 15 is 0 Å². The number of fused-ring (bicyclic) bond motifs is 5. The first-order valence-electron chi connectivity index (χ1n) is 8.36. The van der Waals surface area contributed by atoms with Crippen LogP contribution in [0.25, 0.3) is 55.0 Å². The number of nitrogens with zero attached hydrogens (tertiary/aromatic N) is 5. The fourth-order valence-corrected chi connectivity index (χ4v) is 3.36. The molecule has 0 amide bonds. The lowest BCUT2D eigenvalue weighted by Crippen LogP contribution is -1.92. The van der Waals surface area contributed by atoms with Crippen molar-refractivity contribution < 1.29 is 0 Å². The molecule has 5 nitrogen and oxygen atoms in total. The van der Waals surface area contributed by atoms with Crippen molar-refractivity contribution in [1.29, 1.82) is 0 Å². The van der Waals surface area contributed by atoms with Gasteiger partial charge in [-0.15, -0.1) is 0 Å². The van der Waals surface area contributed by atoms with Gasteiger partial charge in [-0.05, 0) is 42.5 Å². The highest BCUT2D eigenvalue weighted by atomic mass is 14.8. The lowest BCUT2D eigenvalue weighted by molar-refractivity contribution is 1.36. The van der Waals surface area contributed by atoms with Gasteiger partial charge in [0.25, 0.3) is 0 Å². The third-order valence-electron chi connectivity index (χ3n) is 4.62. The van der Waals surface area contributed by atoms with Gasteiger partial charge in [0.05, 0.1) is 49.7 Å². The van der Waals surface area contributed by atoms with Crippen molar-refractivity contribution in [2.24, 2.45) is 0 Å². The van der Waals surface area contributed by atoms with Crippen LogP contribution in [0.3, 0.4) is 0 Å². The van der Waals surface area contributed by atoms with E-state index in [0.717, 1.165) is 55.0 Å². The van der Waals surface area contributed by atoms with Crippen LogP contribution in [-0.2, 0) is 0 Å². The van der Waals surface area contributed by atoms with Crippen LogP contribution in [0, 0.1) is 0 Å². The lowest BCUT2D eigenvalue weighted by Gasteiger charge is -2.05. The van der Waals surface area contributed by atoms with Gasteiger partial charge in [-0.25, -0.2) is 19.9 Å². The molecule has 0 saturated heterocycles. The smallest absolute Gasteiger partial charge is 0.0917 e. The molecule has 5 heteroatoms. The van der Waals surface area contributed by atoms with Crippen LogP contribution in [0.4, 0.5) is 0 Å². The van der Waals surface area contributed by atoms with Gasteiger partial charge in [0.15, 0.2) is 0 Å². The number of hydrogen-bond acceptors (Lipinski definition) is 5. The van der Waals surface area contributed by atoms with Gasteiger partial charge < -0.3 is 0 Å². The molecule has 0 bridgehead atoms. The molecule has 3 aromatic heterocycles. The standard InChI is InChI=1S/C21H11N5/c1-2-6-14-13(5-1)23-18-10-20-21(11-19(18)24-14)26-17-9-15-12(4-3-7-22-15)8-16(17)25-20/h1-11H. The Hall–Kier alpha value is -3.73. The Morgan fingerprint density at radius 3 is 1.54 bits per heavy atom. The van der Waals surface area contributed by atoms with E-state index in [0.29, 0.717) is 0 Å². The van der Waals surface area contributed by atoms with Crippen molar-refractivity contribution in [2.75, 3.05) is 0 Å². The summed E-state index contributed by atoms with van der Waals surface area (Å²) >= 11 is 0. The molecule has 0 spiro atoms. The average molecular weight is 333 g/mol. The molecule has 0 saturated carbocycles. The number of para-hydroxylation sites is 2. The summed E-state index contributed by atoms with van der Waals surface area (Å²) in [7, 11) is 0. The molecule has 0 atom stereocenters. The van der Waals surface area contributed by atoms with Crippen LogP contribution < -0.4 is 0 Å². The molecule has 0 aliphatic carbocycles. The minimum Gasteiger partial charge on any atom is -0.256 e. The Morgan fingerprint density at radius 2 is 0.923 bits per heavy atom. The minimum absolute atomic E-state index is 0.810. The van der Waals surface area contributed by atoms with Crippen molar-refractivity contribution in [3.8, 4) is 0 Å². The topological polar surface area (TPSA) is 64.5 Å². The quantitative estimate of drug-likeness (QED) is 0.385. The Bertz CT molecular complexity index is 1270. The van der Waals surface area contributed by atoms with Crippen molar-refractivity contribution in [2.45, 2.75) is 0 Å². The van der Waals surface area contributed by atoms with E-state index < -0.39 is 0 Å². The molecule has 3 heterocycles. The maximum absolute atomic E-state index is 4.80. The Kier molecular flexibility index (Phi) is 2.55. The molecule has 0 fully saturated rings. The molecule has 0 aliphatic rings. The molecule has 0 radical (unpaired) electrons. The number of aromatic nitrogens is 5. The number of hydrogen-bond donors (Lipinski definition) is 0. The zero-order valence-electron chi connectivity index (χ0n) is 13.6. The molecule has 6 aromatic rings. The summed E-state index contributed by atoms with van der Waals surface area (Å²) in [5, 5.41) is 1.06. The number of pyridine rings is 1. The summed E-state index contributed by atoms with van der Waals surface area (Å²) in [4.78, 5) is 23.4. The predicted octanol–water partition coefficient (Wildman–Crippen LogP) is 4.43. The second-order valence-corrected chi connectivity index (χ2v) is 6.30. The molecule has 26 heavy (non-hydrogen) atoms. The fraction of sp³-hybridized carbons (Fsp3) is 0. The highest BCUT2D eigenvalue weighted by Crippen LogP contribution is 2.24. The van der Waals surface area contributed by atoms with Crippen molar-refractivity contribution in [1.82, 2.24) is 24.9 Å². The largest absolute Gasteiger partial charge is 0.256 e. The first-order valence-corrected chi connectivity index (χ1v) is 8.36. The highest BCUT2D eigenvalue weighted by Gasteiger charge is 2.08. The maximum atomic E-state index is 4.80. The van der Waals surface area contributed by atoms with Crippen molar-refractivity contribution in [3.05, 3.63) is 66.9 Å². The molecule has 120 valence electrons. The first kappa shape index (κ1) is 13.5. The van der Waals surface area contributed by atoms with Crippen LogP contribution >= 0.6 is 0 Å². The van der Waals surface area contributed by atoms with E-state index in [9.17, 15) is 0 Å². The van der Waals surface area contributed by atoms with E-state index in [2.05, 4.69) is 4.98 Å². The summed E-state index contributed by atoms with van der Waals surface area (Å²) in [6, 6.07) is 19.8. The van der Waals surface area contributed by atoms with Crippen LogP contribution in [-0.4, -0.2) is 24.9 Å². The molecular formula is C21H11N5. The van der Waals surface area contributed by atoms with Gasteiger partial charge in [-0.2, -0.15) is 0 Å². The van der Waals surface area contributed by atoms with Crippen LogP contribution in [0.1, 0.15) is 0 Å². The van der Waals surface area contributed by atoms with Crippen molar-refractivity contribution >= 4 is 55.0 Å². The minimum atomic E-state index is 0.810. The summed E-state index contributed by atoms with van der Waals surface area (Å²) < 4.78 is 0. The molecule has 0 aliphatic heterocycles. The summed E-state index contributed by atoms with van der Waals surface area (Å²) in [5.41, 5.74) is 7.63. The van der Waals surface area contributed by atoms with Gasteiger partial charge >= 0.3 is 0 Å². The van der Waals surface area contributed by atoms with Crippen LogP contribution in [0.5, 0.6) is 0 Å². The number of benzene rings is 3. The summed E-state index contributed by atoms with van der Waals surface area (Å²) in [6.07, 6.45) is 1.79. The van der Waals surface area contributed by atoms with Gasteiger partial charge in [0, 0.05) is 11.6 Å². The second kappa shape index (κ2) is 4.89. The zero-order chi connectivity index (χ0) is 17.1. The van der Waals surface area contributed by atoms with Crippen LogP contribution in [0.2, 0.25) is 0 Å². The second-order valence-electron chi connectivity index (χ2n) is 6.30. The molecule has 6 rings (SSSR count). The molecule has 3 aromatic carbocycles. The first-order chi connectivity index (χ1) is 12.8. The Morgan fingerprint density at radius 1 is 0.423 bits per heavy atom. The normalized spacial score (nSPS) is 11.8. The Balaban J connectivity index is 1.72. The van der Waals surface area contributed by atoms with E-state index in [-0.39, 0.29) is 0 Å². The summed E-state index contributed by atoms with van der Waals surface area (Å²) in [5.74, 6) is 0. The van der Waals surface area contributed by atoms with Gasteiger partial charge in [0.1, 0.15) is 0 Å². The zero-order valence-corrected chi connectivity index (χ0v) is 13.6. The van der Waals surface area contributed by atoms with E-state index in [1.165, 1.54) is 0 Å². The lowest BCUT2D eigenvalue weighted by atomic mass is 10.1. The van der Waals surface area contributed by atoms with E-state index in [4.69, 9.17) is 19.9 Å². The Labute approximate surface area is 147 Å². The highest BCUT2D eigenvalue weighted by molar-refractivity contribution is 5.99. The third-order valence-corrected chi connectivity index (χ3v) is 4.62. The van der Waals surface area contributed by atoms with E-state index in [1.807, 2.05) is 60.7 Å². The predicted molar refractivity (Wildman–Crippen MR) is 103 cm³/mol. The summed E-state index contributed by atoms with van der Waals surface area (Å²) in [6.45, 7) is 0. The third kappa shape index (κ3) is 1.94. The van der Waals surface area contributed by atoms with Crippen molar-refractivity contribution in [3.63, 3.8) is 0 Å². The maximum Gasteiger partial charge on any atom is 0.0917 e. The molecular weight excluding hydrogens is 322 g/mol.